The minimum Gasteiger partial charge on any atom is -0.325 e. The van der Waals surface area contributed by atoms with Crippen molar-refractivity contribution >= 4 is 23.2 Å². The predicted molar refractivity (Wildman–Crippen MR) is 105 cm³/mol. The molecule has 1 aliphatic rings. The van der Waals surface area contributed by atoms with Gasteiger partial charge in [0.05, 0.1) is 0 Å². The molecule has 136 valence electrons. The van der Waals surface area contributed by atoms with E-state index in [1.807, 2.05) is 50.2 Å². The maximum atomic E-state index is 13.2. The average Bonchev–Trinajstić information content (AvgIpc) is 2.62. The highest BCUT2D eigenvalue weighted by atomic mass is 16.2. The minimum absolute atomic E-state index is 0.160. The van der Waals surface area contributed by atoms with Gasteiger partial charge in [-0.2, -0.15) is 0 Å². The van der Waals surface area contributed by atoms with Gasteiger partial charge < -0.3 is 10.2 Å². The molecule has 0 aromatic heterocycles. The van der Waals surface area contributed by atoms with Crippen molar-refractivity contribution in [2.24, 2.45) is 5.41 Å². The second-order valence-corrected chi connectivity index (χ2v) is 7.59. The Kier molecular flexibility index (Phi) is 4.86. The first-order chi connectivity index (χ1) is 12.3. The Labute approximate surface area is 155 Å². The molecule has 2 aromatic rings. The van der Waals surface area contributed by atoms with Crippen molar-refractivity contribution in [3.8, 4) is 0 Å². The molecule has 0 bridgehead atoms. The van der Waals surface area contributed by atoms with E-state index >= 15 is 0 Å². The van der Waals surface area contributed by atoms with Crippen LogP contribution in [0.1, 0.15) is 37.0 Å². The van der Waals surface area contributed by atoms with E-state index in [4.69, 9.17) is 0 Å². The number of nitrogens with zero attached hydrogens (tertiary/aromatic N) is 1. The molecule has 0 radical (unpaired) electrons. The van der Waals surface area contributed by atoms with Crippen molar-refractivity contribution in [2.75, 3.05) is 16.8 Å². The van der Waals surface area contributed by atoms with Gasteiger partial charge in [0.25, 0.3) is 0 Å². The van der Waals surface area contributed by atoms with E-state index in [-0.39, 0.29) is 11.8 Å². The predicted octanol–water partition coefficient (Wildman–Crippen LogP) is 4.25. The summed E-state index contributed by atoms with van der Waals surface area (Å²) < 4.78 is 0. The molecule has 1 N–H and O–H groups in total. The minimum atomic E-state index is -1.15. The average molecular weight is 350 g/mol. The van der Waals surface area contributed by atoms with Crippen LogP contribution in [-0.2, 0) is 16.0 Å². The van der Waals surface area contributed by atoms with Crippen molar-refractivity contribution in [2.45, 2.75) is 40.5 Å². The zero-order valence-electron chi connectivity index (χ0n) is 15.9. The first-order valence-electron chi connectivity index (χ1n) is 9.09. The van der Waals surface area contributed by atoms with Crippen LogP contribution in [0.25, 0.3) is 0 Å². The van der Waals surface area contributed by atoms with Crippen molar-refractivity contribution in [1.29, 1.82) is 0 Å². The maximum Gasteiger partial charge on any atom is 0.242 e. The normalized spacial score (nSPS) is 13.9. The van der Waals surface area contributed by atoms with Gasteiger partial charge in [-0.15, -0.1) is 0 Å². The van der Waals surface area contributed by atoms with Gasteiger partial charge in [-0.25, -0.2) is 0 Å². The molecule has 4 nitrogen and oxygen atoms in total. The molecule has 0 unspecified atom stereocenters. The second-order valence-electron chi connectivity index (χ2n) is 7.59. The van der Waals surface area contributed by atoms with E-state index in [0.717, 1.165) is 40.9 Å². The number of hydrogen-bond acceptors (Lipinski definition) is 2. The Morgan fingerprint density at radius 2 is 1.81 bits per heavy atom. The lowest BCUT2D eigenvalue weighted by Gasteiger charge is -2.35. The van der Waals surface area contributed by atoms with Gasteiger partial charge in [0, 0.05) is 17.9 Å². The van der Waals surface area contributed by atoms with E-state index in [9.17, 15) is 9.59 Å². The summed E-state index contributed by atoms with van der Waals surface area (Å²) in [4.78, 5) is 27.9. The molecule has 0 atom stereocenters. The number of amides is 2. The summed E-state index contributed by atoms with van der Waals surface area (Å²) in [7, 11) is 0. The van der Waals surface area contributed by atoms with Gasteiger partial charge in [-0.1, -0.05) is 35.9 Å². The topological polar surface area (TPSA) is 49.4 Å². The number of fused-ring (bicyclic) bond motifs is 1. The van der Waals surface area contributed by atoms with Gasteiger partial charge in [0.2, 0.25) is 11.8 Å². The van der Waals surface area contributed by atoms with Crippen molar-refractivity contribution in [3.63, 3.8) is 0 Å². The molecule has 1 aliphatic heterocycles. The fourth-order valence-corrected chi connectivity index (χ4v) is 3.41. The molecule has 0 spiro atoms. The van der Waals surface area contributed by atoms with Gasteiger partial charge >= 0.3 is 0 Å². The SMILES string of the molecule is Cc1ccc(NC(=O)C(C)(C)C(=O)N2CCCc3ccccc32)c(C)c1. The van der Waals surface area contributed by atoms with Crippen LogP contribution in [0.2, 0.25) is 0 Å². The molecule has 0 saturated heterocycles. The zero-order valence-corrected chi connectivity index (χ0v) is 15.9. The number of anilines is 2. The number of benzene rings is 2. The van der Waals surface area contributed by atoms with E-state index in [2.05, 4.69) is 11.4 Å². The van der Waals surface area contributed by atoms with Gasteiger partial charge in [-0.05, 0) is 63.8 Å². The monoisotopic (exact) mass is 350 g/mol. The first kappa shape index (κ1) is 18.2. The molecule has 0 fully saturated rings. The summed E-state index contributed by atoms with van der Waals surface area (Å²) in [6.45, 7) is 8.02. The summed E-state index contributed by atoms with van der Waals surface area (Å²) in [5, 5.41) is 2.94. The number of rotatable bonds is 3. The number of para-hydroxylation sites is 1. The molecule has 0 aliphatic carbocycles. The molecule has 3 rings (SSSR count). The Morgan fingerprint density at radius 1 is 1.08 bits per heavy atom. The fraction of sp³-hybridized carbons (Fsp3) is 0.364. The van der Waals surface area contributed by atoms with Crippen molar-refractivity contribution in [1.82, 2.24) is 0 Å². The molecule has 2 amide bonds. The Balaban J connectivity index is 1.83. The smallest absolute Gasteiger partial charge is 0.242 e. The standard InChI is InChI=1S/C22H26N2O2/c1-15-11-12-18(16(2)14-15)23-20(25)22(3,4)21(26)24-13-7-9-17-8-5-6-10-19(17)24/h5-6,8,10-12,14H,7,9,13H2,1-4H3,(H,23,25). The van der Waals surface area contributed by atoms with E-state index < -0.39 is 5.41 Å². The Hall–Kier alpha value is -2.62. The van der Waals surface area contributed by atoms with E-state index in [1.165, 1.54) is 0 Å². The van der Waals surface area contributed by atoms with Crippen molar-refractivity contribution < 1.29 is 9.59 Å². The molecule has 2 aromatic carbocycles. The third kappa shape index (κ3) is 3.36. The summed E-state index contributed by atoms with van der Waals surface area (Å²) in [6, 6.07) is 13.8. The van der Waals surface area contributed by atoms with Gasteiger partial charge in [0.1, 0.15) is 5.41 Å². The van der Waals surface area contributed by atoms with Crippen LogP contribution in [0.15, 0.2) is 42.5 Å². The van der Waals surface area contributed by atoms with Crippen LogP contribution in [0.4, 0.5) is 11.4 Å². The summed E-state index contributed by atoms with van der Waals surface area (Å²) >= 11 is 0. The van der Waals surface area contributed by atoms with Crippen LogP contribution in [-0.4, -0.2) is 18.4 Å². The Bertz CT molecular complexity index is 855. The Morgan fingerprint density at radius 3 is 2.54 bits per heavy atom. The summed E-state index contributed by atoms with van der Waals surface area (Å²) in [6.07, 6.45) is 1.88. The number of nitrogens with one attached hydrogen (secondary N) is 1. The lowest BCUT2D eigenvalue weighted by molar-refractivity contribution is -0.136. The highest BCUT2D eigenvalue weighted by Gasteiger charge is 2.40. The van der Waals surface area contributed by atoms with E-state index in [1.54, 1.807) is 18.7 Å². The third-order valence-corrected chi connectivity index (χ3v) is 5.09. The van der Waals surface area contributed by atoms with Crippen molar-refractivity contribution in [3.05, 3.63) is 59.2 Å². The van der Waals surface area contributed by atoms with Crippen LogP contribution in [0.3, 0.4) is 0 Å². The molecule has 26 heavy (non-hydrogen) atoms. The quantitative estimate of drug-likeness (QED) is 0.842. The molecule has 0 saturated carbocycles. The van der Waals surface area contributed by atoms with Crippen LogP contribution < -0.4 is 10.2 Å². The second kappa shape index (κ2) is 6.94. The number of aryl methyl sites for hydroxylation is 3. The summed E-state index contributed by atoms with van der Waals surface area (Å²) in [5.74, 6) is -0.440. The largest absolute Gasteiger partial charge is 0.325 e. The lowest BCUT2D eigenvalue weighted by atomic mass is 9.88. The first-order valence-corrected chi connectivity index (χ1v) is 9.09. The third-order valence-electron chi connectivity index (χ3n) is 5.09. The molecular weight excluding hydrogens is 324 g/mol. The van der Waals surface area contributed by atoms with E-state index in [0.29, 0.717) is 6.54 Å². The zero-order chi connectivity index (χ0) is 18.9. The molecular formula is C22H26N2O2. The highest BCUT2D eigenvalue weighted by Crippen LogP contribution is 2.32. The van der Waals surface area contributed by atoms with Crippen LogP contribution >= 0.6 is 0 Å². The lowest BCUT2D eigenvalue weighted by Crippen LogP contribution is -2.49. The number of hydrogen-bond donors (Lipinski definition) is 1. The molecule has 4 heteroatoms. The molecule has 1 heterocycles. The van der Waals surface area contributed by atoms with Gasteiger partial charge in [0.15, 0.2) is 0 Å². The summed E-state index contributed by atoms with van der Waals surface area (Å²) in [5.41, 5.74) is 3.82. The number of carbonyl (C=O) groups is 2. The fourth-order valence-electron chi connectivity index (χ4n) is 3.41. The maximum absolute atomic E-state index is 13.2. The highest BCUT2D eigenvalue weighted by molar-refractivity contribution is 6.15. The van der Waals surface area contributed by atoms with Crippen LogP contribution in [0.5, 0.6) is 0 Å². The van der Waals surface area contributed by atoms with Gasteiger partial charge in [-0.3, -0.25) is 9.59 Å². The number of carbonyl (C=O) groups excluding carboxylic acids is 2. The van der Waals surface area contributed by atoms with Crippen LogP contribution in [0, 0.1) is 19.3 Å².